The highest BCUT2D eigenvalue weighted by molar-refractivity contribution is 14.0. The summed E-state index contributed by atoms with van der Waals surface area (Å²) in [6, 6.07) is 10.7. The van der Waals surface area contributed by atoms with Gasteiger partial charge in [0.15, 0.2) is 5.96 Å². The lowest BCUT2D eigenvalue weighted by Gasteiger charge is -2.20. The highest BCUT2D eigenvalue weighted by atomic mass is 127. The average molecular weight is 412 g/mol. The molecule has 4 nitrogen and oxygen atoms in total. The monoisotopic (exact) mass is 412 g/mol. The van der Waals surface area contributed by atoms with Crippen molar-refractivity contribution in [3.8, 4) is 0 Å². The predicted octanol–water partition coefficient (Wildman–Crippen LogP) is 3.32. The second-order valence-electron chi connectivity index (χ2n) is 5.59. The van der Waals surface area contributed by atoms with Crippen molar-refractivity contribution >= 4 is 40.8 Å². The molecule has 0 saturated carbocycles. The first-order valence-electron chi connectivity index (χ1n) is 7.88. The third-order valence-electron chi connectivity index (χ3n) is 4.16. The molecule has 3 rings (SSSR count). The van der Waals surface area contributed by atoms with Crippen molar-refractivity contribution in [3.05, 3.63) is 36.5 Å². The summed E-state index contributed by atoms with van der Waals surface area (Å²) in [7, 11) is 1.88. The Hall–Kier alpha value is -1.24. The van der Waals surface area contributed by atoms with Gasteiger partial charge in [0.1, 0.15) is 0 Å². The molecule has 22 heavy (non-hydrogen) atoms. The molecule has 0 aliphatic carbocycles. The Morgan fingerprint density at radius 3 is 2.73 bits per heavy atom. The van der Waals surface area contributed by atoms with E-state index in [1.165, 1.54) is 23.7 Å². The molecule has 0 radical (unpaired) electrons. The molecule has 1 aromatic carbocycles. The van der Waals surface area contributed by atoms with Crippen molar-refractivity contribution in [2.75, 3.05) is 26.7 Å². The number of aromatic nitrogens is 1. The Morgan fingerprint density at radius 2 is 1.95 bits per heavy atom. The first-order chi connectivity index (χ1) is 10.4. The minimum absolute atomic E-state index is 0. The Labute approximate surface area is 149 Å². The highest BCUT2D eigenvalue weighted by Gasteiger charge is 2.14. The zero-order valence-corrected chi connectivity index (χ0v) is 15.5. The van der Waals surface area contributed by atoms with Crippen LogP contribution in [0.25, 0.3) is 10.9 Å². The molecule has 0 amide bonds. The van der Waals surface area contributed by atoms with E-state index < -0.39 is 0 Å². The van der Waals surface area contributed by atoms with Crippen LogP contribution >= 0.6 is 24.0 Å². The van der Waals surface area contributed by atoms with Gasteiger partial charge in [0.25, 0.3) is 0 Å². The summed E-state index contributed by atoms with van der Waals surface area (Å²) in [5.74, 6) is 1.06. The normalized spacial score (nSPS) is 15.1. The molecule has 0 unspecified atom stereocenters. The summed E-state index contributed by atoms with van der Waals surface area (Å²) in [4.78, 5) is 6.73. The van der Waals surface area contributed by atoms with Gasteiger partial charge in [-0.25, -0.2) is 0 Å². The van der Waals surface area contributed by atoms with Crippen molar-refractivity contribution in [2.24, 2.45) is 4.99 Å². The predicted molar refractivity (Wildman–Crippen MR) is 104 cm³/mol. The number of fused-ring (bicyclic) bond motifs is 1. The number of hydrogen-bond acceptors (Lipinski definition) is 1. The van der Waals surface area contributed by atoms with Gasteiger partial charge in [-0.2, -0.15) is 0 Å². The van der Waals surface area contributed by atoms with E-state index in [4.69, 9.17) is 0 Å². The average Bonchev–Trinajstić information content (AvgIpc) is 3.17. The van der Waals surface area contributed by atoms with Crippen LogP contribution in [0, 0.1) is 0 Å². The Balaban J connectivity index is 0.00000176. The number of halogens is 1. The van der Waals surface area contributed by atoms with Crippen LogP contribution in [0.2, 0.25) is 0 Å². The molecule has 5 heteroatoms. The van der Waals surface area contributed by atoms with Crippen LogP contribution in [0.3, 0.4) is 0 Å². The summed E-state index contributed by atoms with van der Waals surface area (Å²) in [6.45, 7) is 4.29. The second kappa shape index (κ2) is 8.41. The number of benzene rings is 1. The van der Waals surface area contributed by atoms with Crippen molar-refractivity contribution in [1.29, 1.82) is 0 Å². The summed E-state index contributed by atoms with van der Waals surface area (Å²) in [5.41, 5.74) is 1.32. The maximum Gasteiger partial charge on any atom is 0.193 e. The van der Waals surface area contributed by atoms with Gasteiger partial charge in [-0.05, 0) is 36.8 Å². The smallest absolute Gasteiger partial charge is 0.193 e. The highest BCUT2D eigenvalue weighted by Crippen LogP contribution is 2.15. The number of nitrogens with zero attached hydrogens (tertiary/aromatic N) is 3. The molecule has 120 valence electrons. The van der Waals surface area contributed by atoms with Crippen molar-refractivity contribution < 1.29 is 0 Å². The van der Waals surface area contributed by atoms with E-state index in [1.54, 1.807) is 0 Å². The van der Waals surface area contributed by atoms with Gasteiger partial charge in [0, 0.05) is 44.9 Å². The molecule has 0 bridgehead atoms. The Bertz CT molecular complexity index is 614. The Morgan fingerprint density at radius 1 is 1.18 bits per heavy atom. The van der Waals surface area contributed by atoms with Crippen molar-refractivity contribution in [3.63, 3.8) is 0 Å². The molecule has 1 saturated heterocycles. The molecule has 1 fully saturated rings. The van der Waals surface area contributed by atoms with E-state index in [2.05, 4.69) is 56.3 Å². The van der Waals surface area contributed by atoms with Crippen LogP contribution in [-0.2, 0) is 6.54 Å². The van der Waals surface area contributed by atoms with Crippen LogP contribution in [-0.4, -0.2) is 42.1 Å². The Kier molecular flexibility index (Phi) is 6.54. The lowest BCUT2D eigenvalue weighted by molar-refractivity contribution is 0.489. The van der Waals surface area contributed by atoms with Crippen LogP contribution in [0.1, 0.15) is 19.3 Å². The van der Waals surface area contributed by atoms with Gasteiger partial charge < -0.3 is 14.8 Å². The number of para-hydroxylation sites is 1. The molecule has 1 aromatic heterocycles. The fourth-order valence-electron chi connectivity index (χ4n) is 3.05. The maximum absolute atomic E-state index is 4.38. The first-order valence-corrected chi connectivity index (χ1v) is 7.88. The topological polar surface area (TPSA) is 32.6 Å². The fourth-order valence-corrected chi connectivity index (χ4v) is 3.05. The van der Waals surface area contributed by atoms with E-state index >= 15 is 0 Å². The lowest BCUT2D eigenvalue weighted by Crippen LogP contribution is -2.40. The fraction of sp³-hybridized carbons (Fsp3) is 0.471. The van der Waals surface area contributed by atoms with Gasteiger partial charge in [-0.1, -0.05) is 18.2 Å². The molecule has 2 aromatic rings. The number of nitrogens with one attached hydrogen (secondary N) is 1. The molecule has 0 spiro atoms. The molecule has 1 aliphatic heterocycles. The third kappa shape index (κ3) is 3.94. The number of guanidine groups is 1. The van der Waals surface area contributed by atoms with Gasteiger partial charge in [0.2, 0.25) is 0 Å². The zero-order valence-electron chi connectivity index (χ0n) is 13.2. The minimum Gasteiger partial charge on any atom is -0.356 e. The summed E-state index contributed by atoms with van der Waals surface area (Å²) in [6.07, 6.45) is 5.86. The van der Waals surface area contributed by atoms with Crippen molar-refractivity contribution in [1.82, 2.24) is 14.8 Å². The standard InChI is InChI=1S/C17H24N4.HI/c1-18-17(21-11-4-5-12-21)19-10-6-13-20-14-9-15-7-2-3-8-16(15)20;/h2-3,7-9,14H,4-6,10-13H2,1H3,(H,18,19);1H. The lowest BCUT2D eigenvalue weighted by atomic mass is 10.2. The SMILES string of the molecule is CN=C(NCCCn1ccc2ccccc21)N1CCCC1.I. The second-order valence-corrected chi connectivity index (χ2v) is 5.59. The molecule has 1 aliphatic rings. The molecule has 1 N–H and O–H groups in total. The van der Waals surface area contributed by atoms with Crippen LogP contribution in [0.5, 0.6) is 0 Å². The van der Waals surface area contributed by atoms with Gasteiger partial charge in [-0.15, -0.1) is 24.0 Å². The zero-order chi connectivity index (χ0) is 14.5. The largest absolute Gasteiger partial charge is 0.356 e. The summed E-state index contributed by atoms with van der Waals surface area (Å²) >= 11 is 0. The molecule has 2 heterocycles. The van der Waals surface area contributed by atoms with E-state index in [9.17, 15) is 0 Å². The van der Waals surface area contributed by atoms with Crippen molar-refractivity contribution in [2.45, 2.75) is 25.8 Å². The molecular weight excluding hydrogens is 387 g/mol. The van der Waals surface area contributed by atoms with E-state index in [0.29, 0.717) is 0 Å². The van der Waals surface area contributed by atoms with Crippen LogP contribution < -0.4 is 5.32 Å². The van der Waals surface area contributed by atoms with Gasteiger partial charge in [0.05, 0.1) is 0 Å². The number of aliphatic imine (C=N–C) groups is 1. The number of rotatable bonds is 4. The molecular formula is C17H25IN4. The quantitative estimate of drug-likeness (QED) is 0.362. The van der Waals surface area contributed by atoms with E-state index in [1.807, 2.05) is 7.05 Å². The molecule has 0 atom stereocenters. The number of likely N-dealkylation sites (tertiary alicyclic amines) is 1. The maximum atomic E-state index is 4.38. The number of aryl methyl sites for hydroxylation is 1. The summed E-state index contributed by atoms with van der Waals surface area (Å²) < 4.78 is 2.33. The van der Waals surface area contributed by atoms with Crippen LogP contribution in [0.15, 0.2) is 41.5 Å². The van der Waals surface area contributed by atoms with Crippen LogP contribution in [0.4, 0.5) is 0 Å². The number of hydrogen-bond donors (Lipinski definition) is 1. The third-order valence-corrected chi connectivity index (χ3v) is 4.16. The van der Waals surface area contributed by atoms with E-state index in [0.717, 1.165) is 38.6 Å². The summed E-state index contributed by atoms with van der Waals surface area (Å²) in [5, 5.41) is 4.80. The van der Waals surface area contributed by atoms with E-state index in [-0.39, 0.29) is 24.0 Å². The first kappa shape index (κ1) is 17.1. The van der Waals surface area contributed by atoms with Gasteiger partial charge >= 0.3 is 0 Å². The van der Waals surface area contributed by atoms with Gasteiger partial charge in [-0.3, -0.25) is 4.99 Å². The minimum atomic E-state index is 0.